The van der Waals surface area contributed by atoms with Crippen molar-refractivity contribution in [2.75, 3.05) is 13.7 Å². The first kappa shape index (κ1) is 19.3. The molecule has 2 N–H and O–H groups in total. The summed E-state index contributed by atoms with van der Waals surface area (Å²) in [6.45, 7) is 2.33. The highest BCUT2D eigenvalue weighted by Crippen LogP contribution is 2.29. The molecule has 0 radical (unpaired) electrons. The number of hydrogen-bond donors (Lipinski definition) is 2. The summed E-state index contributed by atoms with van der Waals surface area (Å²) in [5.41, 5.74) is 0.0445. The van der Waals surface area contributed by atoms with E-state index < -0.39 is 11.5 Å². The number of benzene rings is 1. The fraction of sp³-hybridized carbons (Fsp3) is 0.312. The third-order valence-corrected chi connectivity index (χ3v) is 3.58. The van der Waals surface area contributed by atoms with Crippen LogP contribution in [0, 0.1) is 4.77 Å². The molecule has 0 aliphatic rings. The van der Waals surface area contributed by atoms with Gasteiger partial charge in [-0.1, -0.05) is 6.07 Å². The van der Waals surface area contributed by atoms with Gasteiger partial charge in [-0.15, -0.1) is 0 Å². The van der Waals surface area contributed by atoms with E-state index in [1.807, 2.05) is 6.92 Å². The molecule has 26 heavy (non-hydrogen) atoms. The lowest BCUT2D eigenvalue weighted by Crippen LogP contribution is -2.25. The number of aromatic nitrogens is 3. The van der Waals surface area contributed by atoms with Gasteiger partial charge >= 0.3 is 5.97 Å². The number of aromatic amines is 1. The van der Waals surface area contributed by atoms with Crippen molar-refractivity contribution in [3.63, 3.8) is 0 Å². The van der Waals surface area contributed by atoms with Crippen LogP contribution in [0.25, 0.3) is 0 Å². The maximum atomic E-state index is 12.4. The van der Waals surface area contributed by atoms with Crippen LogP contribution in [0.5, 0.6) is 11.5 Å². The smallest absolute Gasteiger partial charge is 0.303 e. The SMILES string of the molecule is CCOc1cccc(/C=N\n2c(=S)[nH]nc(CCC(=O)O)c2=O)c1OC. The number of rotatable bonds is 8. The average Bonchev–Trinajstić information content (AvgIpc) is 2.61. The second-order valence-electron chi connectivity index (χ2n) is 5.04. The van der Waals surface area contributed by atoms with Crippen molar-refractivity contribution in [1.29, 1.82) is 0 Å². The van der Waals surface area contributed by atoms with Gasteiger partial charge in [0.25, 0.3) is 5.56 Å². The lowest BCUT2D eigenvalue weighted by molar-refractivity contribution is -0.136. The Bertz CT molecular complexity index is 935. The van der Waals surface area contributed by atoms with Gasteiger partial charge in [-0.05, 0) is 31.3 Å². The van der Waals surface area contributed by atoms with Gasteiger partial charge < -0.3 is 14.6 Å². The van der Waals surface area contributed by atoms with Crippen molar-refractivity contribution < 1.29 is 19.4 Å². The Morgan fingerprint density at radius 2 is 2.27 bits per heavy atom. The Labute approximate surface area is 153 Å². The molecule has 0 amide bonds. The molecule has 0 aliphatic carbocycles. The number of carboxylic acid groups (broad SMARTS) is 1. The molecule has 9 nitrogen and oxygen atoms in total. The highest BCUT2D eigenvalue weighted by molar-refractivity contribution is 7.71. The third-order valence-electron chi connectivity index (χ3n) is 3.32. The van der Waals surface area contributed by atoms with Crippen LogP contribution in [0.4, 0.5) is 0 Å². The van der Waals surface area contributed by atoms with Crippen LogP contribution in [0.1, 0.15) is 24.6 Å². The van der Waals surface area contributed by atoms with Crippen molar-refractivity contribution in [1.82, 2.24) is 14.9 Å². The third kappa shape index (κ3) is 4.54. The Hall–Kier alpha value is -3.01. The van der Waals surface area contributed by atoms with Gasteiger partial charge in [0.15, 0.2) is 11.5 Å². The molecule has 0 saturated carbocycles. The fourth-order valence-electron chi connectivity index (χ4n) is 2.16. The van der Waals surface area contributed by atoms with E-state index in [-0.39, 0.29) is 23.3 Å². The number of H-pyrrole nitrogens is 1. The molecule has 138 valence electrons. The number of para-hydroxylation sites is 1. The predicted molar refractivity (Wildman–Crippen MR) is 96.8 cm³/mol. The Morgan fingerprint density at radius 3 is 2.92 bits per heavy atom. The van der Waals surface area contributed by atoms with Gasteiger partial charge in [0.2, 0.25) is 4.77 Å². The second-order valence-corrected chi connectivity index (χ2v) is 5.43. The summed E-state index contributed by atoms with van der Waals surface area (Å²) in [6, 6.07) is 5.27. The predicted octanol–water partition coefficient (Wildman–Crippen LogP) is 1.61. The first-order valence-corrected chi connectivity index (χ1v) is 8.15. The molecule has 0 aliphatic heterocycles. The van der Waals surface area contributed by atoms with Crippen LogP contribution in [-0.2, 0) is 11.2 Å². The van der Waals surface area contributed by atoms with E-state index in [0.29, 0.717) is 23.7 Å². The van der Waals surface area contributed by atoms with Crippen LogP contribution in [0.3, 0.4) is 0 Å². The van der Waals surface area contributed by atoms with Crippen LogP contribution < -0.4 is 15.0 Å². The van der Waals surface area contributed by atoms with E-state index in [1.54, 1.807) is 18.2 Å². The average molecular weight is 378 g/mol. The molecule has 0 spiro atoms. The molecule has 0 bridgehead atoms. The van der Waals surface area contributed by atoms with E-state index in [4.69, 9.17) is 26.8 Å². The molecule has 0 atom stereocenters. The quantitative estimate of drug-likeness (QED) is 0.529. The number of nitrogens with zero attached hydrogens (tertiary/aromatic N) is 3. The molecular formula is C16H18N4O5S. The van der Waals surface area contributed by atoms with E-state index in [9.17, 15) is 9.59 Å². The summed E-state index contributed by atoms with van der Waals surface area (Å²) in [6.07, 6.45) is 1.16. The normalized spacial score (nSPS) is 10.8. The topological polar surface area (TPSA) is 119 Å². The Kier molecular flexibility index (Phi) is 6.61. The monoisotopic (exact) mass is 378 g/mol. The number of carboxylic acids is 1. The van der Waals surface area contributed by atoms with Gasteiger partial charge in [-0.25, -0.2) is 0 Å². The maximum Gasteiger partial charge on any atom is 0.303 e. The number of carbonyl (C=O) groups is 1. The minimum Gasteiger partial charge on any atom is -0.492 e. The molecule has 2 aromatic rings. The molecule has 0 saturated heterocycles. The zero-order valence-corrected chi connectivity index (χ0v) is 15.1. The molecule has 0 fully saturated rings. The van der Waals surface area contributed by atoms with E-state index in [2.05, 4.69) is 15.3 Å². The van der Waals surface area contributed by atoms with Gasteiger partial charge in [0, 0.05) is 12.0 Å². The summed E-state index contributed by atoms with van der Waals surface area (Å²) >= 11 is 5.04. The Morgan fingerprint density at radius 1 is 1.50 bits per heavy atom. The van der Waals surface area contributed by atoms with Gasteiger partial charge in [0.05, 0.1) is 26.4 Å². The summed E-state index contributed by atoms with van der Waals surface area (Å²) < 4.78 is 11.8. The lowest BCUT2D eigenvalue weighted by Gasteiger charge is -2.11. The highest BCUT2D eigenvalue weighted by atomic mass is 32.1. The van der Waals surface area contributed by atoms with Gasteiger partial charge in [0.1, 0.15) is 5.69 Å². The molecule has 0 unspecified atom stereocenters. The molecule has 1 aromatic heterocycles. The molecule has 2 rings (SSSR count). The number of aliphatic carboxylic acids is 1. The highest BCUT2D eigenvalue weighted by Gasteiger charge is 2.11. The van der Waals surface area contributed by atoms with Crippen molar-refractivity contribution >= 4 is 24.4 Å². The van der Waals surface area contributed by atoms with Gasteiger partial charge in [-0.2, -0.15) is 14.9 Å². The Balaban J connectivity index is 2.41. The van der Waals surface area contributed by atoms with Crippen molar-refractivity contribution in [3.8, 4) is 11.5 Å². The van der Waals surface area contributed by atoms with Crippen LogP contribution in [0.2, 0.25) is 0 Å². The summed E-state index contributed by atoms with van der Waals surface area (Å²) in [5, 5.41) is 19.1. The van der Waals surface area contributed by atoms with Crippen molar-refractivity contribution in [3.05, 3.63) is 44.6 Å². The van der Waals surface area contributed by atoms with Crippen molar-refractivity contribution in [2.24, 2.45) is 5.10 Å². The minimum atomic E-state index is -1.03. The first-order chi connectivity index (χ1) is 12.5. The fourth-order valence-corrected chi connectivity index (χ4v) is 2.34. The summed E-state index contributed by atoms with van der Waals surface area (Å²) in [7, 11) is 1.50. The lowest BCUT2D eigenvalue weighted by atomic mass is 10.2. The van der Waals surface area contributed by atoms with Gasteiger partial charge in [-0.3, -0.25) is 14.7 Å². The number of aryl methyl sites for hydroxylation is 1. The zero-order valence-electron chi connectivity index (χ0n) is 14.3. The largest absolute Gasteiger partial charge is 0.492 e. The first-order valence-electron chi connectivity index (χ1n) is 7.74. The van der Waals surface area contributed by atoms with E-state index >= 15 is 0 Å². The number of hydrogen-bond acceptors (Lipinski definition) is 7. The molecule has 1 heterocycles. The zero-order chi connectivity index (χ0) is 19.1. The van der Waals surface area contributed by atoms with Crippen LogP contribution >= 0.6 is 12.2 Å². The van der Waals surface area contributed by atoms with E-state index in [0.717, 1.165) is 4.68 Å². The molecule has 1 aromatic carbocycles. The van der Waals surface area contributed by atoms with E-state index in [1.165, 1.54) is 13.3 Å². The standard InChI is InChI=1S/C16H18N4O5S/c1-3-25-12-6-4-5-10(14(12)24-2)9-17-20-15(23)11(7-8-13(21)22)18-19-16(20)26/h4-6,9H,3,7-8H2,1-2H3,(H,19,26)(H,21,22)/b17-9-. The molecule has 10 heteroatoms. The minimum absolute atomic E-state index is 0.00902. The molecular weight excluding hydrogens is 360 g/mol. The number of methoxy groups -OCH3 is 1. The summed E-state index contributed by atoms with van der Waals surface area (Å²) in [5.74, 6) is -0.00397. The van der Waals surface area contributed by atoms with Crippen molar-refractivity contribution in [2.45, 2.75) is 19.8 Å². The van der Waals surface area contributed by atoms with Crippen LogP contribution in [0.15, 0.2) is 28.1 Å². The number of nitrogens with one attached hydrogen (secondary N) is 1. The number of ether oxygens (including phenoxy) is 2. The van der Waals surface area contributed by atoms with Crippen LogP contribution in [-0.4, -0.2) is 45.9 Å². The second kappa shape index (κ2) is 8.90. The maximum absolute atomic E-state index is 12.4. The summed E-state index contributed by atoms with van der Waals surface area (Å²) in [4.78, 5) is 23.1.